The van der Waals surface area contributed by atoms with E-state index in [1.807, 2.05) is 104 Å². The number of primary amides is 3. The number of fused-ring (bicyclic) bond motifs is 6. The number of carbonyl (C=O) groups is 10. The van der Waals surface area contributed by atoms with Crippen molar-refractivity contribution in [1.29, 1.82) is 0 Å². The zero-order valence-electron chi connectivity index (χ0n) is 62.1. The number of ether oxygens (including phenoxy) is 2. The first-order valence-electron chi connectivity index (χ1n) is 35.2. The minimum Gasteiger partial charge on any atom is -0.449 e. The van der Waals surface area contributed by atoms with Gasteiger partial charge < -0.3 is 64.7 Å². The maximum absolute atomic E-state index is 13.0. The lowest BCUT2D eigenvalue weighted by Gasteiger charge is -2.21. The van der Waals surface area contributed by atoms with E-state index in [9.17, 15) is 47.9 Å². The number of ketones is 3. The third-order valence-electron chi connectivity index (χ3n) is 17.4. The van der Waals surface area contributed by atoms with E-state index in [2.05, 4.69) is 75.1 Å². The molecule has 4 aromatic rings. The van der Waals surface area contributed by atoms with Crippen LogP contribution >= 0.6 is 81.0 Å². The molecule has 4 aromatic carbocycles. The fourth-order valence-corrected chi connectivity index (χ4v) is 12.5. The van der Waals surface area contributed by atoms with Crippen molar-refractivity contribution in [3.63, 3.8) is 0 Å². The Labute approximate surface area is 666 Å². The second kappa shape index (κ2) is 57.0. The van der Waals surface area contributed by atoms with Crippen LogP contribution in [-0.4, -0.2) is 123 Å². The fraction of sp³-hybridized carbons (Fsp3) is 0.558. The zero-order chi connectivity index (χ0) is 72.3. The monoisotopic (exact) mass is 1580 g/mol. The normalized spacial score (nSPS) is 13.6. The van der Waals surface area contributed by atoms with E-state index >= 15 is 0 Å². The van der Waals surface area contributed by atoms with Crippen LogP contribution in [0.2, 0.25) is 0 Å². The van der Waals surface area contributed by atoms with Gasteiger partial charge in [-0.05, 0) is 146 Å². The molecule has 594 valence electrons. The summed E-state index contributed by atoms with van der Waals surface area (Å²) in [7, 11) is 0. The Morgan fingerprint density at radius 3 is 1.04 bits per heavy atom. The molecular weight excluding hydrogens is 1450 g/mol. The van der Waals surface area contributed by atoms with Crippen molar-refractivity contribution in [2.24, 2.45) is 64.2 Å². The van der Waals surface area contributed by atoms with Crippen molar-refractivity contribution < 1.29 is 57.4 Å². The lowest BCUT2D eigenvalue weighted by molar-refractivity contribution is -0.131. The topological polar surface area (TPSA) is 379 Å². The summed E-state index contributed by atoms with van der Waals surface area (Å²) in [6.45, 7) is 19.1. The van der Waals surface area contributed by atoms with E-state index in [1.54, 1.807) is 0 Å². The molecule has 2 aliphatic carbocycles. The summed E-state index contributed by atoms with van der Waals surface area (Å²) < 4.78 is 11.0. The molecule has 1 saturated heterocycles. The SMILES string of the molecule is C.C1CCNCC1.CC(C)C[C@H](CC(=O)[C@@H](N)CCNC(=O)OCC1c2ccccc2-c2ccccc21)C(N)=O.CCCC(=O)N[C@@H](CCN)C(=O)C[C@@H](CC(C)C)C(N)=O.CCCC(=O)N[C@@H](CCNC(=O)OCC1c2ccccc2-c2ccccc21)C(=O)C[C@@H](CC(C)C)C(N)=O.S.S.S.S.S.S. The molecule has 0 saturated carbocycles. The van der Waals surface area contributed by atoms with Gasteiger partial charge in [-0.25, -0.2) is 9.59 Å². The molecule has 6 atom stereocenters. The van der Waals surface area contributed by atoms with Crippen LogP contribution in [0.4, 0.5) is 9.59 Å². The molecule has 0 radical (unpaired) electrons. The van der Waals surface area contributed by atoms with E-state index in [1.165, 1.54) is 43.5 Å². The first-order valence-corrected chi connectivity index (χ1v) is 35.2. The molecule has 7 rings (SSSR count). The Kier molecular flexibility index (Phi) is 57.0. The van der Waals surface area contributed by atoms with Gasteiger partial charge in [0.2, 0.25) is 29.5 Å². The van der Waals surface area contributed by atoms with Crippen molar-refractivity contribution in [2.45, 2.75) is 196 Å². The summed E-state index contributed by atoms with van der Waals surface area (Å²) in [5.74, 6) is -3.49. The van der Waals surface area contributed by atoms with Gasteiger partial charge in [0, 0.05) is 74.8 Å². The summed E-state index contributed by atoms with van der Waals surface area (Å²) >= 11 is 0. The van der Waals surface area contributed by atoms with Gasteiger partial charge >= 0.3 is 12.2 Å². The lowest BCUT2D eigenvalue weighted by atomic mass is 9.89. The Hall–Kier alpha value is -6.24. The summed E-state index contributed by atoms with van der Waals surface area (Å²) in [5, 5.41) is 14.1. The van der Waals surface area contributed by atoms with E-state index in [4.69, 9.17) is 38.1 Å². The summed E-state index contributed by atoms with van der Waals surface area (Å²) in [5.41, 5.74) is 36.9. The highest BCUT2D eigenvalue weighted by Gasteiger charge is 2.33. The number of Topliss-reactive ketones (excluding diaryl/α,β-unsaturated/α-hetero) is 3. The predicted octanol–water partition coefficient (Wildman–Crippen LogP) is 10.5. The smallest absolute Gasteiger partial charge is 0.407 e. The standard InChI is InChI=1S/C30H39N3O5.C26H33N3O4.C15H29N3O3.C5H11N.CH4.6H2S/c1-4-9-28(35)33-26(27(34)17-20(29(31)36)16-19(2)3)14-15-32-30(37)38-18-25-23-12-7-5-10-21(23)22-11-6-8-13-24(22)25;1-16(2)13-17(25(28)31)14-24(30)23(27)11-12-29-26(32)33-15-22-20-9-5-3-7-18(20)19-8-4-6-10-21(19)22;1-4-5-14(20)18-12(6-7-16)13(19)9-11(15(17)21)8-10(2)3;1-2-4-6-5-3-1;;;;;;;/h5-8,10-13,19-20,25-26H,4,9,14-18H2,1-3H3,(H2,31,36)(H,32,37)(H,33,35);3-10,16-17,22-23H,11-15,27H2,1-2H3,(H2,28,31)(H,29,32);10-12H,4-9,16H2,1-3H3,(H2,17,21)(H,18,20);6H,1-5H2;1H4;6*1H2/t20-,26+;17-,23+;11-,12+;;;;;;;;/m111......../s1. The van der Waals surface area contributed by atoms with Gasteiger partial charge in [-0.3, -0.25) is 38.4 Å². The Morgan fingerprint density at radius 1 is 0.457 bits per heavy atom. The average Bonchev–Trinajstić information content (AvgIpc) is 1.63. The highest BCUT2D eigenvalue weighted by molar-refractivity contribution is 7.60. The average molecular weight is 1580 g/mol. The molecule has 28 heteroatoms. The molecule has 7 amide bonds. The minimum absolute atomic E-state index is 0. The number of nitrogens with one attached hydrogen (secondary N) is 5. The number of hydrogen-bond donors (Lipinski definition) is 10. The van der Waals surface area contributed by atoms with Crippen LogP contribution in [0, 0.1) is 35.5 Å². The number of carbonyl (C=O) groups excluding carboxylic acids is 10. The van der Waals surface area contributed by atoms with Gasteiger partial charge in [-0.15, -0.1) is 0 Å². The van der Waals surface area contributed by atoms with Crippen LogP contribution in [0.3, 0.4) is 0 Å². The van der Waals surface area contributed by atoms with Gasteiger partial charge in [0.15, 0.2) is 11.6 Å². The van der Waals surface area contributed by atoms with Crippen LogP contribution in [0.5, 0.6) is 0 Å². The van der Waals surface area contributed by atoms with Crippen LogP contribution in [0.25, 0.3) is 22.3 Å². The summed E-state index contributed by atoms with van der Waals surface area (Å²) in [4.78, 5) is 121. The quantitative estimate of drug-likeness (QED) is 0.0202. The second-order valence-electron chi connectivity index (χ2n) is 27.0. The Morgan fingerprint density at radius 2 is 0.762 bits per heavy atom. The molecule has 3 aliphatic rings. The number of hydrogen-bond acceptors (Lipinski definition) is 15. The molecule has 0 spiro atoms. The van der Waals surface area contributed by atoms with Gasteiger partial charge in [0.05, 0.1) is 18.1 Å². The maximum Gasteiger partial charge on any atom is 0.407 e. The molecule has 1 heterocycles. The number of benzene rings is 4. The molecule has 15 N–H and O–H groups in total. The highest BCUT2D eigenvalue weighted by Crippen LogP contribution is 2.46. The van der Waals surface area contributed by atoms with Crippen LogP contribution in [-0.2, 0) is 47.8 Å². The zero-order valence-corrected chi connectivity index (χ0v) is 68.1. The number of amides is 7. The molecule has 1 aliphatic heterocycles. The number of alkyl carbamates (subject to hydrolysis) is 2. The molecular formula is C77H128N10O12S6. The van der Waals surface area contributed by atoms with Crippen molar-refractivity contribution in [3.05, 3.63) is 119 Å². The van der Waals surface area contributed by atoms with Gasteiger partial charge in [-0.2, -0.15) is 81.0 Å². The Bertz CT molecular complexity index is 3150. The van der Waals surface area contributed by atoms with E-state index < -0.39 is 65.8 Å². The van der Waals surface area contributed by atoms with Crippen LogP contribution in [0.1, 0.15) is 200 Å². The van der Waals surface area contributed by atoms with Crippen molar-refractivity contribution in [2.75, 3.05) is 45.9 Å². The molecule has 22 nitrogen and oxygen atoms in total. The van der Waals surface area contributed by atoms with Gasteiger partial charge in [-0.1, -0.05) is 166 Å². The van der Waals surface area contributed by atoms with Crippen LogP contribution < -0.4 is 55.3 Å². The first-order chi connectivity index (χ1) is 46.8. The van der Waals surface area contributed by atoms with Gasteiger partial charge in [0.1, 0.15) is 19.0 Å². The summed E-state index contributed by atoms with van der Waals surface area (Å²) in [6, 6.07) is 30.2. The summed E-state index contributed by atoms with van der Waals surface area (Å²) in [6.07, 6.45) is 7.57. The second-order valence-corrected chi connectivity index (χ2v) is 27.0. The molecule has 0 unspecified atom stereocenters. The van der Waals surface area contributed by atoms with Crippen molar-refractivity contribution in [1.82, 2.24) is 26.6 Å². The Balaban J connectivity index is -0.000000698. The van der Waals surface area contributed by atoms with Gasteiger partial charge in [0.25, 0.3) is 0 Å². The first kappa shape index (κ1) is 105. The highest BCUT2D eigenvalue weighted by atomic mass is 32.1. The maximum atomic E-state index is 13.0. The fourth-order valence-electron chi connectivity index (χ4n) is 12.5. The minimum atomic E-state index is -0.822. The van der Waals surface area contributed by atoms with E-state index in [0.717, 1.165) is 33.4 Å². The van der Waals surface area contributed by atoms with E-state index in [0.29, 0.717) is 51.5 Å². The molecule has 0 bridgehead atoms. The van der Waals surface area contributed by atoms with Crippen molar-refractivity contribution >= 4 is 140 Å². The predicted molar refractivity (Wildman–Crippen MR) is 452 cm³/mol. The number of piperidine rings is 1. The number of rotatable bonds is 36. The largest absolute Gasteiger partial charge is 0.449 e. The lowest BCUT2D eigenvalue weighted by Crippen LogP contribution is -2.44. The molecule has 1 fully saturated rings. The van der Waals surface area contributed by atoms with Crippen LogP contribution in [0.15, 0.2) is 97.1 Å². The third kappa shape index (κ3) is 37.4. The molecule has 105 heavy (non-hydrogen) atoms. The third-order valence-corrected chi connectivity index (χ3v) is 17.4. The van der Waals surface area contributed by atoms with Crippen molar-refractivity contribution in [3.8, 4) is 22.3 Å². The number of nitrogens with two attached hydrogens (primary N) is 5. The molecule has 0 aromatic heterocycles. The van der Waals surface area contributed by atoms with E-state index in [-0.39, 0.29) is 212 Å².